The average molecular weight is 324 g/mol. The number of hydrogen-bond donors (Lipinski definition) is 1. The average Bonchev–Trinajstić information content (AvgIpc) is 3.11. The predicted octanol–water partition coefficient (Wildman–Crippen LogP) is 3.84. The molecule has 5 heteroatoms. The third-order valence-electron chi connectivity index (χ3n) is 3.67. The molecule has 0 saturated carbocycles. The third kappa shape index (κ3) is 3.87. The molecule has 0 radical (unpaired) electrons. The molecule has 1 N–H and O–H groups in total. The van der Waals surface area contributed by atoms with Crippen molar-refractivity contribution in [2.24, 2.45) is 0 Å². The van der Waals surface area contributed by atoms with Gasteiger partial charge in [-0.2, -0.15) is 0 Å². The second-order valence-corrected chi connectivity index (χ2v) is 5.39. The number of amides is 1. The fourth-order valence-corrected chi connectivity index (χ4v) is 2.39. The van der Waals surface area contributed by atoms with Gasteiger partial charge in [0.05, 0.1) is 0 Å². The number of halogens is 1. The molecule has 0 aliphatic rings. The molecule has 24 heavy (non-hydrogen) atoms. The van der Waals surface area contributed by atoms with Crippen LogP contribution in [0, 0.1) is 5.82 Å². The highest BCUT2D eigenvalue weighted by Crippen LogP contribution is 2.19. The van der Waals surface area contributed by atoms with Gasteiger partial charge >= 0.3 is 0 Å². The minimum absolute atomic E-state index is 0.215. The van der Waals surface area contributed by atoms with Gasteiger partial charge in [0.25, 0.3) is 5.91 Å². The quantitative estimate of drug-likeness (QED) is 0.701. The first-order chi connectivity index (χ1) is 11.7. The summed E-state index contributed by atoms with van der Waals surface area (Å²) < 4.78 is 18.7. The van der Waals surface area contributed by atoms with Gasteiger partial charge in [-0.3, -0.25) is 4.79 Å². The van der Waals surface area contributed by atoms with Crippen LogP contribution in [0.2, 0.25) is 0 Å². The van der Waals surface area contributed by atoms with E-state index in [4.69, 9.17) is 4.52 Å². The monoisotopic (exact) mass is 324 g/mol. The number of carbonyl (C=O) groups excluding carboxylic acids is 1. The molecule has 0 aliphatic heterocycles. The van der Waals surface area contributed by atoms with Crippen molar-refractivity contribution in [2.45, 2.75) is 12.8 Å². The van der Waals surface area contributed by atoms with Gasteiger partial charge in [-0.25, -0.2) is 4.39 Å². The molecular formula is C19H17FN2O2. The lowest BCUT2D eigenvalue weighted by Crippen LogP contribution is -2.25. The summed E-state index contributed by atoms with van der Waals surface area (Å²) in [6, 6.07) is 17.7. The number of nitrogens with one attached hydrogen (secondary N) is 1. The molecule has 0 spiro atoms. The number of rotatable bonds is 6. The van der Waals surface area contributed by atoms with Crippen molar-refractivity contribution in [3.8, 4) is 11.3 Å². The number of nitrogens with zero attached hydrogens (tertiary/aromatic N) is 1. The van der Waals surface area contributed by atoms with Crippen LogP contribution in [0.1, 0.15) is 22.5 Å². The molecule has 3 rings (SSSR count). The van der Waals surface area contributed by atoms with Crippen molar-refractivity contribution in [3.05, 3.63) is 77.7 Å². The van der Waals surface area contributed by atoms with Gasteiger partial charge in [-0.15, -0.1) is 0 Å². The second-order valence-electron chi connectivity index (χ2n) is 5.39. The molecule has 1 amide bonds. The summed E-state index contributed by atoms with van der Waals surface area (Å²) in [7, 11) is 0. The first-order valence-electron chi connectivity index (χ1n) is 7.78. The Labute approximate surface area is 139 Å². The summed E-state index contributed by atoms with van der Waals surface area (Å²) in [4.78, 5) is 12.1. The van der Waals surface area contributed by atoms with E-state index in [0.29, 0.717) is 30.7 Å². The summed E-state index contributed by atoms with van der Waals surface area (Å²) >= 11 is 0. The Morgan fingerprint density at radius 2 is 1.83 bits per heavy atom. The topological polar surface area (TPSA) is 55.1 Å². The summed E-state index contributed by atoms with van der Waals surface area (Å²) in [5.74, 6) is 0.0365. The molecule has 1 heterocycles. The molecule has 2 aromatic carbocycles. The van der Waals surface area contributed by atoms with Crippen LogP contribution < -0.4 is 5.32 Å². The second kappa shape index (κ2) is 7.55. The van der Waals surface area contributed by atoms with E-state index in [1.54, 1.807) is 24.3 Å². The lowest BCUT2D eigenvalue weighted by Gasteiger charge is -2.04. The Morgan fingerprint density at radius 1 is 1.08 bits per heavy atom. The van der Waals surface area contributed by atoms with E-state index in [1.165, 1.54) is 6.07 Å². The highest BCUT2D eigenvalue weighted by molar-refractivity contribution is 5.93. The molecule has 4 nitrogen and oxygen atoms in total. The van der Waals surface area contributed by atoms with Crippen LogP contribution in [-0.2, 0) is 6.42 Å². The van der Waals surface area contributed by atoms with Gasteiger partial charge in [0.15, 0.2) is 11.5 Å². The zero-order valence-corrected chi connectivity index (χ0v) is 13.0. The third-order valence-corrected chi connectivity index (χ3v) is 3.67. The molecule has 0 fully saturated rings. The van der Waals surface area contributed by atoms with Crippen LogP contribution in [0.5, 0.6) is 0 Å². The van der Waals surface area contributed by atoms with E-state index in [0.717, 1.165) is 5.56 Å². The molecule has 0 unspecified atom stereocenters. The summed E-state index contributed by atoms with van der Waals surface area (Å²) in [5, 5.41) is 6.57. The maximum Gasteiger partial charge on any atom is 0.273 e. The molecule has 3 aromatic rings. The Hall–Kier alpha value is -2.95. The van der Waals surface area contributed by atoms with E-state index in [1.807, 2.05) is 30.3 Å². The van der Waals surface area contributed by atoms with Crippen LogP contribution in [0.3, 0.4) is 0 Å². The van der Waals surface area contributed by atoms with Crippen LogP contribution in [0.4, 0.5) is 4.39 Å². The number of aryl methyl sites for hydroxylation is 1. The zero-order chi connectivity index (χ0) is 16.8. The first-order valence-corrected chi connectivity index (χ1v) is 7.78. The summed E-state index contributed by atoms with van der Waals surface area (Å²) in [6.45, 7) is 0.445. The highest BCUT2D eigenvalue weighted by atomic mass is 19.1. The van der Waals surface area contributed by atoms with Crippen molar-refractivity contribution in [3.63, 3.8) is 0 Å². The van der Waals surface area contributed by atoms with E-state index >= 15 is 0 Å². The first kappa shape index (κ1) is 15.9. The maximum absolute atomic E-state index is 13.5. The van der Waals surface area contributed by atoms with E-state index in [-0.39, 0.29) is 17.4 Å². The Bertz CT molecular complexity index is 815. The Morgan fingerprint density at radius 3 is 2.62 bits per heavy atom. The molecule has 1 aromatic heterocycles. The minimum Gasteiger partial charge on any atom is -0.355 e. The molecule has 122 valence electrons. The standard InChI is InChI=1S/C19H17FN2O2/c20-16-11-5-4-7-14(16)10-6-12-21-19(23)17-13-18(24-22-17)15-8-2-1-3-9-15/h1-5,7-9,11,13H,6,10,12H2,(H,21,23). The molecular weight excluding hydrogens is 307 g/mol. The van der Waals surface area contributed by atoms with Crippen molar-refractivity contribution in [2.75, 3.05) is 6.54 Å². The van der Waals surface area contributed by atoms with Gasteiger partial charge in [0, 0.05) is 18.2 Å². The Balaban J connectivity index is 1.51. The number of hydrogen-bond acceptors (Lipinski definition) is 3. The van der Waals surface area contributed by atoms with Crippen molar-refractivity contribution in [1.29, 1.82) is 0 Å². The largest absolute Gasteiger partial charge is 0.355 e. The van der Waals surface area contributed by atoms with Gasteiger partial charge in [-0.05, 0) is 24.5 Å². The van der Waals surface area contributed by atoms with Crippen molar-refractivity contribution >= 4 is 5.91 Å². The van der Waals surface area contributed by atoms with Gasteiger partial charge < -0.3 is 9.84 Å². The predicted molar refractivity (Wildman–Crippen MR) is 89.0 cm³/mol. The Kier molecular flexibility index (Phi) is 5.01. The van der Waals surface area contributed by atoms with Crippen LogP contribution in [0.25, 0.3) is 11.3 Å². The van der Waals surface area contributed by atoms with Crippen LogP contribution in [0.15, 0.2) is 65.2 Å². The van der Waals surface area contributed by atoms with Crippen LogP contribution >= 0.6 is 0 Å². The van der Waals surface area contributed by atoms with Crippen molar-refractivity contribution in [1.82, 2.24) is 10.5 Å². The van der Waals surface area contributed by atoms with Crippen molar-refractivity contribution < 1.29 is 13.7 Å². The maximum atomic E-state index is 13.5. The van der Waals surface area contributed by atoms with E-state index < -0.39 is 0 Å². The number of carbonyl (C=O) groups is 1. The molecule has 0 aliphatic carbocycles. The summed E-state index contributed by atoms with van der Waals surface area (Å²) in [5.41, 5.74) is 1.75. The zero-order valence-electron chi connectivity index (χ0n) is 13.0. The summed E-state index contributed by atoms with van der Waals surface area (Å²) in [6.07, 6.45) is 1.22. The van der Waals surface area contributed by atoms with Gasteiger partial charge in [0.1, 0.15) is 5.82 Å². The number of aromatic nitrogens is 1. The smallest absolute Gasteiger partial charge is 0.273 e. The normalized spacial score (nSPS) is 10.5. The molecule has 0 saturated heterocycles. The van der Waals surface area contributed by atoms with Gasteiger partial charge in [0.2, 0.25) is 0 Å². The lowest BCUT2D eigenvalue weighted by atomic mass is 10.1. The molecule has 0 bridgehead atoms. The fourth-order valence-electron chi connectivity index (χ4n) is 2.39. The van der Waals surface area contributed by atoms with Crippen LogP contribution in [-0.4, -0.2) is 17.6 Å². The number of benzene rings is 2. The van der Waals surface area contributed by atoms with E-state index in [9.17, 15) is 9.18 Å². The highest BCUT2D eigenvalue weighted by Gasteiger charge is 2.13. The van der Waals surface area contributed by atoms with E-state index in [2.05, 4.69) is 10.5 Å². The lowest BCUT2D eigenvalue weighted by molar-refractivity contribution is 0.0944. The minimum atomic E-state index is -0.297. The fraction of sp³-hybridized carbons (Fsp3) is 0.158. The van der Waals surface area contributed by atoms with Gasteiger partial charge in [-0.1, -0.05) is 53.7 Å². The molecule has 0 atom stereocenters. The SMILES string of the molecule is O=C(NCCCc1ccccc1F)c1cc(-c2ccccc2)on1.